The molecule has 6 nitrogen and oxygen atoms in total. The first kappa shape index (κ1) is 22.2. The molecule has 2 aromatic carbocycles. The van der Waals surface area contributed by atoms with E-state index in [1.807, 2.05) is 43.3 Å². The van der Waals surface area contributed by atoms with Crippen molar-refractivity contribution in [1.82, 2.24) is 10.2 Å². The van der Waals surface area contributed by atoms with E-state index in [1.165, 1.54) is 0 Å². The van der Waals surface area contributed by atoms with Crippen molar-refractivity contribution >= 4 is 15.8 Å². The van der Waals surface area contributed by atoms with Crippen LogP contribution in [0.1, 0.15) is 26.2 Å². The third-order valence-electron chi connectivity index (χ3n) is 5.06. The monoisotopic (exact) mass is 429 g/mol. The van der Waals surface area contributed by atoms with Crippen LogP contribution in [0.3, 0.4) is 0 Å². The Kier molecular flexibility index (Phi) is 8.13. The van der Waals surface area contributed by atoms with Crippen molar-refractivity contribution in [1.29, 1.82) is 0 Å². The molecule has 1 aliphatic heterocycles. The quantitative estimate of drug-likeness (QED) is 0.396. The van der Waals surface area contributed by atoms with E-state index in [9.17, 15) is 8.42 Å². The van der Waals surface area contributed by atoms with Crippen LogP contribution in [0.5, 0.6) is 5.75 Å². The third kappa shape index (κ3) is 6.49. The van der Waals surface area contributed by atoms with E-state index in [4.69, 9.17) is 4.74 Å². The highest BCUT2D eigenvalue weighted by Gasteiger charge is 2.22. The summed E-state index contributed by atoms with van der Waals surface area (Å²) in [7, 11) is -3.25. The van der Waals surface area contributed by atoms with Crippen LogP contribution in [-0.4, -0.2) is 57.3 Å². The van der Waals surface area contributed by atoms with Crippen LogP contribution in [0.25, 0.3) is 0 Å². The van der Waals surface area contributed by atoms with E-state index in [-0.39, 0.29) is 11.9 Å². The minimum atomic E-state index is -3.25. The van der Waals surface area contributed by atoms with Crippen molar-refractivity contribution in [2.45, 2.75) is 37.2 Å². The third-order valence-corrected chi connectivity index (χ3v) is 6.87. The number of piperidine rings is 1. The molecule has 0 aliphatic carbocycles. The largest absolute Gasteiger partial charge is 0.490 e. The van der Waals surface area contributed by atoms with Gasteiger partial charge in [-0.25, -0.2) is 8.42 Å². The molecule has 1 aliphatic rings. The minimum absolute atomic E-state index is 0.104. The lowest BCUT2D eigenvalue weighted by molar-refractivity contribution is 0.129. The van der Waals surface area contributed by atoms with Crippen molar-refractivity contribution in [3.63, 3.8) is 0 Å². The van der Waals surface area contributed by atoms with Gasteiger partial charge in [0, 0.05) is 39.0 Å². The van der Waals surface area contributed by atoms with Gasteiger partial charge in [0.1, 0.15) is 11.9 Å². The first-order valence-corrected chi connectivity index (χ1v) is 12.3. The van der Waals surface area contributed by atoms with Crippen LogP contribution in [0.15, 0.2) is 70.6 Å². The zero-order chi connectivity index (χ0) is 21.2. The van der Waals surface area contributed by atoms with Gasteiger partial charge in [0.05, 0.1) is 10.6 Å². The first-order valence-electron chi connectivity index (χ1n) is 10.6. The normalized spacial score (nSPS) is 15.8. The Morgan fingerprint density at radius 2 is 1.70 bits per heavy atom. The summed E-state index contributed by atoms with van der Waals surface area (Å²) < 4.78 is 30.9. The van der Waals surface area contributed by atoms with E-state index in [2.05, 4.69) is 15.2 Å². The van der Waals surface area contributed by atoms with Gasteiger partial charge in [0.25, 0.3) is 0 Å². The van der Waals surface area contributed by atoms with Gasteiger partial charge < -0.3 is 15.0 Å². The predicted molar refractivity (Wildman–Crippen MR) is 121 cm³/mol. The zero-order valence-corrected chi connectivity index (χ0v) is 18.4. The van der Waals surface area contributed by atoms with Crippen LogP contribution in [0.4, 0.5) is 0 Å². The maximum absolute atomic E-state index is 12.4. The van der Waals surface area contributed by atoms with E-state index in [0.29, 0.717) is 17.9 Å². The van der Waals surface area contributed by atoms with Crippen LogP contribution in [0, 0.1) is 0 Å². The van der Waals surface area contributed by atoms with Crippen molar-refractivity contribution in [2.24, 2.45) is 4.99 Å². The molecule has 0 amide bonds. The van der Waals surface area contributed by atoms with Crippen LogP contribution >= 0.6 is 0 Å². The van der Waals surface area contributed by atoms with Gasteiger partial charge in [-0.3, -0.25) is 4.99 Å². The average Bonchev–Trinajstić information content (AvgIpc) is 2.78. The Bertz CT molecular complexity index is 894. The molecular formula is C23H31N3O3S. The van der Waals surface area contributed by atoms with Crippen LogP contribution < -0.4 is 10.1 Å². The number of likely N-dealkylation sites (tertiary alicyclic amines) is 1. The Morgan fingerprint density at radius 3 is 2.33 bits per heavy atom. The van der Waals surface area contributed by atoms with E-state index >= 15 is 0 Å². The predicted octanol–water partition coefficient (Wildman–Crippen LogP) is 3.36. The summed E-state index contributed by atoms with van der Waals surface area (Å²) in [6.45, 7) is 5.04. The summed E-state index contributed by atoms with van der Waals surface area (Å²) in [6, 6.07) is 18.5. The van der Waals surface area contributed by atoms with Gasteiger partial charge in [-0.2, -0.15) is 0 Å². The number of hydrogen-bond donors (Lipinski definition) is 1. The second kappa shape index (κ2) is 11.0. The van der Waals surface area contributed by atoms with Gasteiger partial charge in [-0.05, 0) is 37.6 Å². The van der Waals surface area contributed by atoms with Crippen molar-refractivity contribution < 1.29 is 13.2 Å². The van der Waals surface area contributed by atoms with Gasteiger partial charge >= 0.3 is 0 Å². The van der Waals surface area contributed by atoms with Crippen molar-refractivity contribution in [3.05, 3.63) is 60.7 Å². The van der Waals surface area contributed by atoms with Crippen molar-refractivity contribution in [2.75, 3.05) is 31.9 Å². The fourth-order valence-corrected chi connectivity index (χ4v) is 4.80. The molecular weight excluding hydrogens is 398 g/mol. The highest BCUT2D eigenvalue weighted by molar-refractivity contribution is 7.91. The molecule has 30 heavy (non-hydrogen) atoms. The second-order valence-corrected chi connectivity index (χ2v) is 9.45. The maximum atomic E-state index is 12.4. The lowest BCUT2D eigenvalue weighted by atomic mass is 10.1. The number of guanidine groups is 1. The lowest BCUT2D eigenvalue weighted by Crippen LogP contribution is -2.47. The highest BCUT2D eigenvalue weighted by atomic mass is 32.2. The number of para-hydroxylation sites is 1. The standard InChI is InChI=1S/C23H31N3O3S/c1-2-24-23(25-16-9-19-30(27,28)22-12-7-4-8-13-22)26-17-14-21(15-18-26)29-20-10-5-3-6-11-20/h3-8,10-13,21H,2,9,14-19H2,1H3,(H,24,25). The number of benzene rings is 2. The second-order valence-electron chi connectivity index (χ2n) is 7.34. The maximum Gasteiger partial charge on any atom is 0.193 e. The smallest absolute Gasteiger partial charge is 0.193 e. The molecule has 0 saturated carbocycles. The Morgan fingerprint density at radius 1 is 1.07 bits per heavy atom. The summed E-state index contributed by atoms with van der Waals surface area (Å²) in [5, 5.41) is 3.33. The summed E-state index contributed by atoms with van der Waals surface area (Å²) in [5.74, 6) is 1.87. The molecule has 0 unspecified atom stereocenters. The number of nitrogens with one attached hydrogen (secondary N) is 1. The summed E-state index contributed by atoms with van der Waals surface area (Å²) >= 11 is 0. The fraction of sp³-hybridized carbons (Fsp3) is 0.435. The molecule has 7 heteroatoms. The van der Waals surface area contributed by atoms with E-state index < -0.39 is 9.84 Å². The van der Waals surface area contributed by atoms with E-state index in [0.717, 1.165) is 44.2 Å². The lowest BCUT2D eigenvalue weighted by Gasteiger charge is -2.34. The fourth-order valence-electron chi connectivity index (χ4n) is 3.49. The first-order chi connectivity index (χ1) is 14.6. The van der Waals surface area contributed by atoms with Crippen molar-refractivity contribution in [3.8, 4) is 5.75 Å². The number of ether oxygens (including phenoxy) is 1. The summed E-state index contributed by atoms with van der Waals surface area (Å²) in [6.07, 6.45) is 2.57. The molecule has 162 valence electrons. The van der Waals surface area contributed by atoms with Gasteiger partial charge in [-0.15, -0.1) is 0 Å². The topological polar surface area (TPSA) is 71.0 Å². The Hall–Kier alpha value is -2.54. The highest BCUT2D eigenvalue weighted by Crippen LogP contribution is 2.19. The molecule has 1 heterocycles. The van der Waals surface area contributed by atoms with Gasteiger partial charge in [-0.1, -0.05) is 36.4 Å². The molecule has 1 fully saturated rings. The van der Waals surface area contributed by atoms with Crippen LogP contribution in [0.2, 0.25) is 0 Å². The molecule has 0 atom stereocenters. The zero-order valence-electron chi connectivity index (χ0n) is 17.5. The Labute approximate surface area is 179 Å². The van der Waals surface area contributed by atoms with Gasteiger partial charge in [0.15, 0.2) is 15.8 Å². The van der Waals surface area contributed by atoms with E-state index in [1.54, 1.807) is 24.3 Å². The molecule has 0 radical (unpaired) electrons. The van der Waals surface area contributed by atoms with Crippen LogP contribution in [-0.2, 0) is 9.84 Å². The number of sulfone groups is 1. The number of nitrogens with zero attached hydrogens (tertiary/aromatic N) is 2. The average molecular weight is 430 g/mol. The molecule has 3 rings (SSSR count). The summed E-state index contributed by atoms with van der Waals surface area (Å²) in [5.41, 5.74) is 0. The Balaban J connectivity index is 1.49. The molecule has 0 spiro atoms. The minimum Gasteiger partial charge on any atom is -0.490 e. The molecule has 2 aromatic rings. The molecule has 1 N–H and O–H groups in total. The summed E-state index contributed by atoms with van der Waals surface area (Å²) in [4.78, 5) is 7.28. The molecule has 1 saturated heterocycles. The SMILES string of the molecule is CCNC(=NCCCS(=O)(=O)c1ccccc1)N1CCC(Oc2ccccc2)CC1. The van der Waals surface area contributed by atoms with Gasteiger partial charge in [0.2, 0.25) is 0 Å². The number of hydrogen-bond acceptors (Lipinski definition) is 4. The number of rotatable bonds is 8. The number of aliphatic imine (C=N–C) groups is 1. The molecule has 0 aromatic heterocycles. The molecule has 0 bridgehead atoms.